The first-order chi connectivity index (χ1) is 16.2. The van der Waals surface area contributed by atoms with E-state index in [1.165, 1.54) is 9.80 Å². The third-order valence-corrected chi connectivity index (χ3v) is 5.25. The van der Waals surface area contributed by atoms with Gasteiger partial charge in [0.15, 0.2) is 0 Å². The Labute approximate surface area is 191 Å². The minimum atomic E-state index is -4.70. The topological polar surface area (TPSA) is 89.3 Å². The van der Waals surface area contributed by atoms with Crippen molar-refractivity contribution >= 4 is 34.1 Å². The minimum Gasteiger partial charge on any atom is -0.478 e. The van der Waals surface area contributed by atoms with E-state index in [0.717, 1.165) is 23.3 Å². The number of fused-ring (bicyclic) bond motifs is 2. The highest BCUT2D eigenvalue weighted by atomic mass is 19.4. The van der Waals surface area contributed by atoms with Crippen molar-refractivity contribution in [1.29, 1.82) is 0 Å². The average Bonchev–Trinajstić information content (AvgIpc) is 3.17. The summed E-state index contributed by atoms with van der Waals surface area (Å²) in [4.78, 5) is 27.6. The summed E-state index contributed by atoms with van der Waals surface area (Å²) in [5.74, 6) is -0.758. The van der Waals surface area contributed by atoms with E-state index in [9.17, 15) is 18.0 Å². The number of benzene rings is 1. The van der Waals surface area contributed by atoms with E-state index in [-0.39, 0.29) is 23.9 Å². The van der Waals surface area contributed by atoms with Crippen LogP contribution in [0.3, 0.4) is 0 Å². The molecule has 0 radical (unpaired) electrons. The number of aromatic nitrogens is 5. The zero-order valence-corrected chi connectivity index (χ0v) is 18.1. The molecule has 1 aromatic carbocycles. The number of ether oxygens (including phenoxy) is 1. The maximum absolute atomic E-state index is 13.7. The van der Waals surface area contributed by atoms with Crippen molar-refractivity contribution in [2.24, 2.45) is 7.05 Å². The molecular weight excluding hydrogens is 451 g/mol. The number of nitrogens with zero attached hydrogens (tertiary/aromatic N) is 7. The highest BCUT2D eigenvalue weighted by molar-refractivity contribution is 6.10. The average molecular weight is 469 g/mol. The van der Waals surface area contributed by atoms with E-state index in [2.05, 4.69) is 20.1 Å². The lowest BCUT2D eigenvalue weighted by molar-refractivity contribution is -0.144. The Morgan fingerprint density at radius 3 is 2.56 bits per heavy atom. The molecule has 0 aliphatic carbocycles. The second-order valence-electron chi connectivity index (χ2n) is 7.58. The first kappa shape index (κ1) is 21.6. The fraction of sp³-hybridized carbons (Fsp3) is 0.227. The van der Waals surface area contributed by atoms with Gasteiger partial charge >= 0.3 is 12.2 Å². The van der Waals surface area contributed by atoms with Crippen molar-refractivity contribution in [2.45, 2.75) is 19.6 Å². The molecule has 4 aromatic rings. The first-order valence-corrected chi connectivity index (χ1v) is 10.3. The normalized spacial score (nSPS) is 14.0. The van der Waals surface area contributed by atoms with Gasteiger partial charge in [-0.1, -0.05) is 0 Å². The van der Waals surface area contributed by atoms with Gasteiger partial charge in [0, 0.05) is 35.9 Å². The lowest BCUT2D eigenvalue weighted by Gasteiger charge is -2.36. The third kappa shape index (κ3) is 3.76. The number of hydrogen-bond acceptors (Lipinski definition) is 6. The number of urea groups is 1. The van der Waals surface area contributed by atoms with Crippen LogP contribution in [0.25, 0.3) is 10.9 Å². The highest BCUT2D eigenvalue weighted by Gasteiger charge is 2.37. The molecule has 12 heteroatoms. The molecule has 0 bridgehead atoms. The Balaban J connectivity index is 1.61. The van der Waals surface area contributed by atoms with Crippen molar-refractivity contribution in [1.82, 2.24) is 24.7 Å². The number of hydrogen-bond donors (Lipinski definition) is 0. The molecule has 9 nitrogen and oxygen atoms in total. The SMILES string of the molecule is CCOc1ccc2c(n1)N(c1cnc(C(F)(F)F)nc1)C(=O)N(c1ccc3nn(C)cc3c1)C2. The number of pyridine rings is 1. The number of carbonyl (C=O) groups excluding carboxylic acids is 1. The molecule has 3 aromatic heterocycles. The van der Waals surface area contributed by atoms with E-state index in [4.69, 9.17) is 4.74 Å². The Bertz CT molecular complexity index is 1390. The van der Waals surface area contributed by atoms with Crippen LogP contribution in [0.15, 0.2) is 48.9 Å². The summed E-state index contributed by atoms with van der Waals surface area (Å²) in [7, 11) is 1.80. The van der Waals surface area contributed by atoms with Gasteiger partial charge in [-0.05, 0) is 31.2 Å². The van der Waals surface area contributed by atoms with Gasteiger partial charge in [0.2, 0.25) is 11.7 Å². The monoisotopic (exact) mass is 469 g/mol. The lowest BCUT2D eigenvalue weighted by atomic mass is 10.1. The highest BCUT2D eigenvalue weighted by Crippen LogP contribution is 2.37. The first-order valence-electron chi connectivity index (χ1n) is 10.3. The maximum Gasteiger partial charge on any atom is 0.451 e. The molecule has 174 valence electrons. The Hall–Kier alpha value is -4.22. The van der Waals surface area contributed by atoms with Crippen LogP contribution in [0, 0.1) is 0 Å². The van der Waals surface area contributed by atoms with Crippen molar-refractivity contribution in [2.75, 3.05) is 16.4 Å². The number of aryl methyl sites for hydroxylation is 1. The molecule has 2 amide bonds. The number of amides is 2. The van der Waals surface area contributed by atoms with Gasteiger partial charge in [-0.3, -0.25) is 9.58 Å². The van der Waals surface area contributed by atoms with E-state index in [0.29, 0.717) is 17.9 Å². The van der Waals surface area contributed by atoms with Gasteiger partial charge < -0.3 is 4.74 Å². The number of rotatable bonds is 4. The summed E-state index contributed by atoms with van der Waals surface area (Å²) in [6.45, 7) is 2.36. The molecule has 0 saturated carbocycles. The van der Waals surface area contributed by atoms with Crippen LogP contribution in [0.5, 0.6) is 5.88 Å². The molecule has 0 spiro atoms. The second kappa shape index (κ2) is 7.97. The molecule has 1 aliphatic rings. The van der Waals surface area contributed by atoms with Crippen molar-refractivity contribution in [3.8, 4) is 5.88 Å². The molecular formula is C22H18F3N7O2. The van der Waals surface area contributed by atoms with E-state index in [1.807, 2.05) is 12.3 Å². The van der Waals surface area contributed by atoms with Gasteiger partial charge in [0.25, 0.3) is 0 Å². The fourth-order valence-corrected chi connectivity index (χ4v) is 3.78. The summed E-state index contributed by atoms with van der Waals surface area (Å²) >= 11 is 0. The Morgan fingerprint density at radius 1 is 1.09 bits per heavy atom. The van der Waals surface area contributed by atoms with Gasteiger partial charge in [0.1, 0.15) is 5.82 Å². The molecule has 5 rings (SSSR count). The molecule has 4 heterocycles. The standard InChI is InChI=1S/C22H18F3N7O2/c1-3-34-18-7-4-13-12-31(15-5-6-17-14(8-15)11-30(2)29-17)21(33)32(19(13)28-18)16-9-26-20(27-10-16)22(23,24)25/h4-11H,3,12H2,1-2H3. The predicted molar refractivity (Wildman–Crippen MR) is 117 cm³/mol. The van der Waals surface area contributed by atoms with Gasteiger partial charge in [-0.2, -0.15) is 23.3 Å². The summed E-state index contributed by atoms with van der Waals surface area (Å²) in [6.07, 6.45) is -0.951. The van der Waals surface area contributed by atoms with Crippen LogP contribution in [0.2, 0.25) is 0 Å². The molecule has 0 unspecified atom stereocenters. The van der Waals surface area contributed by atoms with Crippen LogP contribution in [0.4, 0.5) is 35.2 Å². The molecule has 0 fully saturated rings. The van der Waals surface area contributed by atoms with Crippen LogP contribution in [-0.4, -0.2) is 37.4 Å². The van der Waals surface area contributed by atoms with Gasteiger partial charge in [-0.15, -0.1) is 0 Å². The van der Waals surface area contributed by atoms with Crippen LogP contribution in [-0.2, 0) is 19.8 Å². The predicted octanol–water partition coefficient (Wildman–Crippen LogP) is 4.45. The minimum absolute atomic E-state index is 0.0487. The van der Waals surface area contributed by atoms with E-state index >= 15 is 0 Å². The zero-order valence-electron chi connectivity index (χ0n) is 18.1. The van der Waals surface area contributed by atoms with Gasteiger partial charge in [-0.25, -0.2) is 19.7 Å². The number of alkyl halides is 3. The zero-order chi connectivity index (χ0) is 24.0. The summed E-state index contributed by atoms with van der Waals surface area (Å²) in [6, 6.07) is 8.33. The Morgan fingerprint density at radius 2 is 1.85 bits per heavy atom. The summed E-state index contributed by atoms with van der Waals surface area (Å²) in [5.41, 5.74) is 2.09. The second-order valence-corrected chi connectivity index (χ2v) is 7.58. The fourth-order valence-electron chi connectivity index (χ4n) is 3.78. The van der Waals surface area contributed by atoms with E-state index < -0.39 is 18.0 Å². The maximum atomic E-state index is 13.7. The summed E-state index contributed by atoms with van der Waals surface area (Å²) < 4.78 is 46.1. The Kier molecular flexibility index (Phi) is 5.07. The molecule has 34 heavy (non-hydrogen) atoms. The van der Waals surface area contributed by atoms with Crippen molar-refractivity contribution in [3.05, 3.63) is 60.3 Å². The number of carbonyl (C=O) groups is 1. The van der Waals surface area contributed by atoms with E-state index in [1.54, 1.807) is 42.9 Å². The molecule has 1 aliphatic heterocycles. The molecule has 0 N–H and O–H groups in total. The number of halogens is 3. The number of anilines is 3. The largest absolute Gasteiger partial charge is 0.478 e. The van der Waals surface area contributed by atoms with Crippen molar-refractivity contribution < 1.29 is 22.7 Å². The third-order valence-electron chi connectivity index (χ3n) is 5.25. The summed E-state index contributed by atoms with van der Waals surface area (Å²) in [5, 5.41) is 5.18. The van der Waals surface area contributed by atoms with Crippen LogP contribution < -0.4 is 14.5 Å². The van der Waals surface area contributed by atoms with Crippen LogP contribution >= 0.6 is 0 Å². The van der Waals surface area contributed by atoms with Gasteiger partial charge in [0.05, 0.1) is 36.7 Å². The lowest BCUT2D eigenvalue weighted by Crippen LogP contribution is -2.45. The van der Waals surface area contributed by atoms with Crippen LogP contribution in [0.1, 0.15) is 18.3 Å². The van der Waals surface area contributed by atoms with Crippen molar-refractivity contribution in [3.63, 3.8) is 0 Å². The molecule has 0 atom stereocenters. The molecule has 0 saturated heterocycles. The quantitative estimate of drug-likeness (QED) is 0.439. The smallest absolute Gasteiger partial charge is 0.451 e.